The average Bonchev–Trinajstić information content (AvgIpc) is 2.59. The first-order valence-electron chi connectivity index (χ1n) is 8.04. The standard InChI is InChI=1S/C17H22ClN3O4/c1-25-9-8-21-15(23)7-6-12(17(24)20-10-14(19)22)16(21)11-4-2-3-5-13(11)18/h2-5,12,16H,6-10H2,1H3,(H2,19,22)(H,20,24)/t12-,16+/m1/s1. The molecular weight excluding hydrogens is 346 g/mol. The molecular formula is C17H22ClN3O4. The summed E-state index contributed by atoms with van der Waals surface area (Å²) < 4.78 is 5.09. The van der Waals surface area contributed by atoms with E-state index in [1.54, 1.807) is 30.2 Å². The lowest BCUT2D eigenvalue weighted by molar-refractivity contribution is -0.144. The predicted octanol–water partition coefficient (Wildman–Crippen LogP) is 0.868. The molecule has 0 radical (unpaired) electrons. The van der Waals surface area contributed by atoms with Crippen molar-refractivity contribution >= 4 is 29.3 Å². The third kappa shape index (κ3) is 4.70. The van der Waals surface area contributed by atoms with Crippen LogP contribution in [0.4, 0.5) is 0 Å². The van der Waals surface area contributed by atoms with Crippen molar-refractivity contribution in [3.63, 3.8) is 0 Å². The third-order valence-electron chi connectivity index (χ3n) is 4.24. The normalized spacial score (nSPS) is 20.4. The summed E-state index contributed by atoms with van der Waals surface area (Å²) >= 11 is 6.33. The van der Waals surface area contributed by atoms with Gasteiger partial charge in [-0.3, -0.25) is 14.4 Å². The first-order chi connectivity index (χ1) is 12.0. The first kappa shape index (κ1) is 19.2. The van der Waals surface area contributed by atoms with Crippen molar-refractivity contribution in [3.8, 4) is 0 Å². The van der Waals surface area contributed by atoms with Gasteiger partial charge >= 0.3 is 0 Å². The van der Waals surface area contributed by atoms with Gasteiger partial charge in [0.1, 0.15) is 0 Å². The fraction of sp³-hybridized carbons (Fsp3) is 0.471. The van der Waals surface area contributed by atoms with E-state index >= 15 is 0 Å². The summed E-state index contributed by atoms with van der Waals surface area (Å²) in [5.74, 6) is -1.51. The molecule has 0 aliphatic carbocycles. The maximum atomic E-state index is 12.6. The van der Waals surface area contributed by atoms with Crippen molar-refractivity contribution < 1.29 is 19.1 Å². The molecule has 1 aromatic carbocycles. The van der Waals surface area contributed by atoms with Crippen LogP contribution in [0, 0.1) is 5.92 Å². The van der Waals surface area contributed by atoms with Crippen LogP contribution in [0.25, 0.3) is 0 Å². The Labute approximate surface area is 151 Å². The molecule has 1 fully saturated rings. The van der Waals surface area contributed by atoms with Crippen molar-refractivity contribution in [2.45, 2.75) is 18.9 Å². The molecule has 7 nitrogen and oxygen atoms in total. The van der Waals surface area contributed by atoms with Crippen LogP contribution in [0.1, 0.15) is 24.4 Å². The minimum atomic E-state index is -0.620. The highest BCUT2D eigenvalue weighted by molar-refractivity contribution is 6.31. The van der Waals surface area contributed by atoms with Gasteiger partial charge in [0.15, 0.2) is 0 Å². The largest absolute Gasteiger partial charge is 0.383 e. The summed E-state index contributed by atoms with van der Waals surface area (Å²) in [4.78, 5) is 37.6. The number of ether oxygens (including phenoxy) is 1. The summed E-state index contributed by atoms with van der Waals surface area (Å²) in [7, 11) is 1.55. The molecule has 0 saturated carbocycles. The Balaban J connectivity index is 2.35. The van der Waals surface area contributed by atoms with E-state index in [9.17, 15) is 14.4 Å². The Morgan fingerprint density at radius 2 is 2.12 bits per heavy atom. The van der Waals surface area contributed by atoms with Crippen molar-refractivity contribution in [1.82, 2.24) is 10.2 Å². The zero-order valence-electron chi connectivity index (χ0n) is 14.0. The number of benzene rings is 1. The molecule has 1 aliphatic heterocycles. The molecule has 2 atom stereocenters. The molecule has 8 heteroatoms. The van der Waals surface area contributed by atoms with Crippen LogP contribution in [0.3, 0.4) is 0 Å². The summed E-state index contributed by atoms with van der Waals surface area (Å²) in [6.07, 6.45) is 0.627. The monoisotopic (exact) mass is 367 g/mol. The van der Waals surface area contributed by atoms with Gasteiger partial charge in [-0.15, -0.1) is 0 Å². The fourth-order valence-corrected chi connectivity index (χ4v) is 3.33. The number of likely N-dealkylation sites (tertiary alicyclic amines) is 1. The number of hydrogen-bond acceptors (Lipinski definition) is 4. The molecule has 1 aliphatic rings. The molecule has 136 valence electrons. The van der Waals surface area contributed by atoms with E-state index in [1.807, 2.05) is 6.07 Å². The zero-order valence-corrected chi connectivity index (χ0v) is 14.8. The molecule has 0 bridgehead atoms. The average molecular weight is 368 g/mol. The fourth-order valence-electron chi connectivity index (χ4n) is 3.09. The second kappa shape index (κ2) is 8.82. The summed E-state index contributed by atoms with van der Waals surface area (Å²) in [5.41, 5.74) is 5.80. The number of halogens is 1. The van der Waals surface area contributed by atoms with Gasteiger partial charge in [0, 0.05) is 25.1 Å². The molecule has 0 spiro atoms. The van der Waals surface area contributed by atoms with Gasteiger partial charge in [-0.05, 0) is 18.1 Å². The molecule has 1 saturated heterocycles. The maximum absolute atomic E-state index is 12.6. The molecule has 3 N–H and O–H groups in total. The number of nitrogens with zero attached hydrogens (tertiary/aromatic N) is 1. The smallest absolute Gasteiger partial charge is 0.236 e. The number of hydrogen-bond donors (Lipinski definition) is 2. The third-order valence-corrected chi connectivity index (χ3v) is 4.58. The van der Waals surface area contributed by atoms with Gasteiger partial charge in [-0.1, -0.05) is 29.8 Å². The second-order valence-corrected chi connectivity index (χ2v) is 6.28. The number of nitrogens with two attached hydrogens (primary N) is 1. The van der Waals surface area contributed by atoms with E-state index in [1.165, 1.54) is 0 Å². The van der Waals surface area contributed by atoms with Crippen LogP contribution in [0.15, 0.2) is 24.3 Å². The minimum absolute atomic E-state index is 0.0547. The van der Waals surface area contributed by atoms with Gasteiger partial charge in [-0.25, -0.2) is 0 Å². The number of rotatable bonds is 7. The van der Waals surface area contributed by atoms with Crippen LogP contribution in [-0.2, 0) is 19.1 Å². The molecule has 3 amide bonds. The molecule has 25 heavy (non-hydrogen) atoms. The Morgan fingerprint density at radius 1 is 1.40 bits per heavy atom. The van der Waals surface area contributed by atoms with Crippen molar-refractivity contribution in [3.05, 3.63) is 34.9 Å². The highest BCUT2D eigenvalue weighted by Gasteiger charge is 2.41. The minimum Gasteiger partial charge on any atom is -0.383 e. The van der Waals surface area contributed by atoms with E-state index in [-0.39, 0.29) is 24.8 Å². The number of amides is 3. The summed E-state index contributed by atoms with van der Waals surface area (Å²) in [6.45, 7) is 0.462. The maximum Gasteiger partial charge on any atom is 0.236 e. The summed E-state index contributed by atoms with van der Waals surface area (Å²) in [6, 6.07) is 6.62. The van der Waals surface area contributed by atoms with Crippen LogP contribution in [0.2, 0.25) is 5.02 Å². The Morgan fingerprint density at radius 3 is 2.76 bits per heavy atom. The quantitative estimate of drug-likeness (QED) is 0.746. The Bertz CT molecular complexity index is 653. The first-order valence-corrected chi connectivity index (χ1v) is 8.42. The second-order valence-electron chi connectivity index (χ2n) is 5.88. The topological polar surface area (TPSA) is 102 Å². The number of primary amides is 1. The number of methoxy groups -OCH3 is 1. The van der Waals surface area contributed by atoms with E-state index in [0.29, 0.717) is 30.2 Å². The highest BCUT2D eigenvalue weighted by atomic mass is 35.5. The van der Waals surface area contributed by atoms with Crippen LogP contribution < -0.4 is 11.1 Å². The van der Waals surface area contributed by atoms with E-state index in [4.69, 9.17) is 22.1 Å². The van der Waals surface area contributed by atoms with Crippen LogP contribution >= 0.6 is 11.6 Å². The van der Waals surface area contributed by atoms with Gasteiger partial charge in [-0.2, -0.15) is 0 Å². The Kier molecular flexibility index (Phi) is 6.78. The number of nitrogens with one attached hydrogen (secondary N) is 1. The molecule has 0 aromatic heterocycles. The number of carbonyl (C=O) groups is 3. The number of piperidine rings is 1. The Hall–Kier alpha value is -2.12. The van der Waals surface area contributed by atoms with Gasteiger partial charge < -0.3 is 20.7 Å². The van der Waals surface area contributed by atoms with Gasteiger partial charge in [0.2, 0.25) is 17.7 Å². The van der Waals surface area contributed by atoms with Crippen molar-refractivity contribution in [2.24, 2.45) is 11.7 Å². The zero-order chi connectivity index (χ0) is 18.4. The molecule has 1 aromatic rings. The van der Waals surface area contributed by atoms with Gasteiger partial charge in [0.05, 0.1) is 25.1 Å². The summed E-state index contributed by atoms with van der Waals surface area (Å²) in [5, 5.41) is 3.02. The lowest BCUT2D eigenvalue weighted by atomic mass is 9.83. The molecule has 0 unspecified atom stereocenters. The van der Waals surface area contributed by atoms with Gasteiger partial charge in [0.25, 0.3) is 0 Å². The van der Waals surface area contributed by atoms with Crippen LogP contribution in [0.5, 0.6) is 0 Å². The SMILES string of the molecule is COCCN1C(=O)CC[C@@H](C(=O)NCC(N)=O)[C@@H]1c1ccccc1Cl. The lowest BCUT2D eigenvalue weighted by Gasteiger charge is -2.41. The van der Waals surface area contributed by atoms with E-state index in [0.717, 1.165) is 0 Å². The number of carbonyl (C=O) groups excluding carboxylic acids is 3. The molecule has 1 heterocycles. The molecule has 2 rings (SSSR count). The van der Waals surface area contributed by atoms with E-state index in [2.05, 4.69) is 5.32 Å². The van der Waals surface area contributed by atoms with E-state index < -0.39 is 17.9 Å². The van der Waals surface area contributed by atoms with Crippen molar-refractivity contribution in [2.75, 3.05) is 26.8 Å². The lowest BCUT2D eigenvalue weighted by Crippen LogP contribution is -2.50. The van der Waals surface area contributed by atoms with Crippen LogP contribution in [-0.4, -0.2) is 49.4 Å². The predicted molar refractivity (Wildman–Crippen MR) is 92.7 cm³/mol. The highest BCUT2D eigenvalue weighted by Crippen LogP contribution is 2.39. The van der Waals surface area contributed by atoms with Crippen molar-refractivity contribution in [1.29, 1.82) is 0 Å².